The number of nitrogens with one attached hydrogen (secondary N) is 1. The minimum absolute atomic E-state index is 0.184. The fourth-order valence-corrected chi connectivity index (χ4v) is 1.02. The molecule has 9 heavy (non-hydrogen) atoms. The Morgan fingerprint density at radius 2 is 2.56 bits per heavy atom. The third-order valence-electron chi connectivity index (χ3n) is 1.61. The molecule has 0 spiro atoms. The van der Waals surface area contributed by atoms with Gasteiger partial charge in [-0.25, -0.2) is 0 Å². The van der Waals surface area contributed by atoms with Crippen LogP contribution in [0.5, 0.6) is 0 Å². The van der Waals surface area contributed by atoms with Gasteiger partial charge in [0.15, 0.2) is 0 Å². The highest BCUT2D eigenvalue weighted by molar-refractivity contribution is 4.76. The van der Waals surface area contributed by atoms with E-state index in [1.807, 2.05) is 6.92 Å². The van der Waals surface area contributed by atoms with Crippen LogP contribution in [0.15, 0.2) is 0 Å². The van der Waals surface area contributed by atoms with Crippen molar-refractivity contribution in [3.63, 3.8) is 0 Å². The molecule has 1 aliphatic rings. The van der Waals surface area contributed by atoms with E-state index in [0.29, 0.717) is 6.42 Å². The minimum Gasteiger partial charge on any atom is -0.396 e. The molecule has 1 fully saturated rings. The SMILES string of the molecule is CC1(CCO)NCCO1. The lowest BCUT2D eigenvalue weighted by atomic mass is 10.2. The summed E-state index contributed by atoms with van der Waals surface area (Å²) in [6.45, 7) is 3.80. The Hall–Kier alpha value is -0.120. The van der Waals surface area contributed by atoms with Crippen LogP contribution in [0.3, 0.4) is 0 Å². The van der Waals surface area contributed by atoms with Crippen molar-refractivity contribution in [3.8, 4) is 0 Å². The first-order valence-electron chi connectivity index (χ1n) is 3.27. The zero-order valence-corrected chi connectivity index (χ0v) is 5.68. The van der Waals surface area contributed by atoms with Gasteiger partial charge in [-0.05, 0) is 6.92 Å². The number of ether oxygens (including phenoxy) is 1. The van der Waals surface area contributed by atoms with Crippen LogP contribution < -0.4 is 5.32 Å². The van der Waals surface area contributed by atoms with E-state index in [-0.39, 0.29) is 12.3 Å². The molecule has 0 aromatic carbocycles. The van der Waals surface area contributed by atoms with Gasteiger partial charge in [-0.15, -0.1) is 0 Å². The second-order valence-corrected chi connectivity index (χ2v) is 2.48. The second-order valence-electron chi connectivity index (χ2n) is 2.48. The normalized spacial score (nSPS) is 35.3. The topological polar surface area (TPSA) is 41.5 Å². The summed E-state index contributed by atoms with van der Waals surface area (Å²) in [5.41, 5.74) is -0.255. The number of rotatable bonds is 2. The zero-order valence-electron chi connectivity index (χ0n) is 5.68. The summed E-state index contributed by atoms with van der Waals surface area (Å²) in [5.74, 6) is 0. The molecule has 1 saturated heterocycles. The molecule has 2 N–H and O–H groups in total. The Labute approximate surface area is 55.0 Å². The number of hydrogen-bond donors (Lipinski definition) is 2. The lowest BCUT2D eigenvalue weighted by Crippen LogP contribution is -2.38. The first-order chi connectivity index (χ1) is 4.27. The smallest absolute Gasteiger partial charge is 0.118 e. The highest BCUT2D eigenvalue weighted by Crippen LogP contribution is 2.14. The highest BCUT2D eigenvalue weighted by atomic mass is 16.5. The van der Waals surface area contributed by atoms with E-state index in [2.05, 4.69) is 5.32 Å². The largest absolute Gasteiger partial charge is 0.396 e. The van der Waals surface area contributed by atoms with Gasteiger partial charge in [0.25, 0.3) is 0 Å². The van der Waals surface area contributed by atoms with Crippen LogP contribution in [-0.2, 0) is 4.74 Å². The number of hydrogen-bond acceptors (Lipinski definition) is 3. The van der Waals surface area contributed by atoms with Crippen LogP contribution in [-0.4, -0.2) is 30.6 Å². The molecule has 0 bridgehead atoms. The van der Waals surface area contributed by atoms with Crippen LogP contribution in [0, 0.1) is 0 Å². The monoisotopic (exact) mass is 131 g/mol. The lowest BCUT2D eigenvalue weighted by Gasteiger charge is -2.21. The van der Waals surface area contributed by atoms with E-state index >= 15 is 0 Å². The quantitative estimate of drug-likeness (QED) is 0.541. The van der Waals surface area contributed by atoms with Crippen molar-refractivity contribution in [1.29, 1.82) is 0 Å². The van der Waals surface area contributed by atoms with E-state index in [1.54, 1.807) is 0 Å². The van der Waals surface area contributed by atoms with Crippen LogP contribution in [0.4, 0.5) is 0 Å². The second kappa shape index (κ2) is 2.64. The summed E-state index contributed by atoms with van der Waals surface area (Å²) in [4.78, 5) is 0. The van der Waals surface area contributed by atoms with Crippen molar-refractivity contribution in [2.75, 3.05) is 19.8 Å². The van der Waals surface area contributed by atoms with Crippen LogP contribution in [0.2, 0.25) is 0 Å². The molecule has 1 aliphatic heterocycles. The minimum atomic E-state index is -0.255. The maximum absolute atomic E-state index is 8.57. The molecule has 0 aromatic heterocycles. The number of aliphatic hydroxyl groups is 1. The summed E-state index contributed by atoms with van der Waals surface area (Å²) in [6, 6.07) is 0. The molecule has 3 heteroatoms. The third kappa shape index (κ3) is 1.64. The Morgan fingerprint density at radius 3 is 3.00 bits per heavy atom. The maximum Gasteiger partial charge on any atom is 0.118 e. The third-order valence-corrected chi connectivity index (χ3v) is 1.61. The van der Waals surface area contributed by atoms with Gasteiger partial charge in [-0.1, -0.05) is 0 Å². The zero-order chi connectivity index (χ0) is 6.74. The Balaban J connectivity index is 2.32. The number of aliphatic hydroxyl groups excluding tert-OH is 1. The first kappa shape index (κ1) is 6.99. The van der Waals surface area contributed by atoms with Crippen LogP contribution >= 0.6 is 0 Å². The predicted octanol–water partition coefficient (Wildman–Crippen LogP) is -0.295. The molecule has 0 aliphatic carbocycles. The average Bonchev–Trinajstić information content (AvgIpc) is 2.16. The van der Waals surface area contributed by atoms with E-state index < -0.39 is 0 Å². The summed E-state index contributed by atoms with van der Waals surface area (Å²) in [7, 11) is 0. The van der Waals surface area contributed by atoms with Gasteiger partial charge >= 0.3 is 0 Å². The summed E-state index contributed by atoms with van der Waals surface area (Å²) in [6.07, 6.45) is 0.674. The van der Waals surface area contributed by atoms with Gasteiger partial charge in [-0.2, -0.15) is 0 Å². The molecular formula is C6H13NO2. The van der Waals surface area contributed by atoms with Crippen LogP contribution in [0.25, 0.3) is 0 Å². The van der Waals surface area contributed by atoms with Gasteiger partial charge in [0.1, 0.15) is 5.72 Å². The molecule has 1 heterocycles. The van der Waals surface area contributed by atoms with E-state index in [9.17, 15) is 0 Å². The molecule has 0 amide bonds. The van der Waals surface area contributed by atoms with E-state index in [4.69, 9.17) is 9.84 Å². The molecular weight excluding hydrogens is 118 g/mol. The van der Waals surface area contributed by atoms with Crippen molar-refractivity contribution in [2.45, 2.75) is 19.1 Å². The summed E-state index contributed by atoms with van der Waals surface area (Å²) < 4.78 is 5.31. The lowest BCUT2D eigenvalue weighted by molar-refractivity contribution is -0.0121. The van der Waals surface area contributed by atoms with Crippen molar-refractivity contribution in [2.24, 2.45) is 0 Å². The van der Waals surface area contributed by atoms with Gasteiger partial charge in [0.2, 0.25) is 0 Å². The van der Waals surface area contributed by atoms with Crippen molar-refractivity contribution >= 4 is 0 Å². The molecule has 0 saturated carbocycles. The molecule has 1 atom stereocenters. The molecule has 0 radical (unpaired) electrons. The highest BCUT2D eigenvalue weighted by Gasteiger charge is 2.27. The van der Waals surface area contributed by atoms with Crippen LogP contribution in [0.1, 0.15) is 13.3 Å². The standard InChI is InChI=1S/C6H13NO2/c1-6(2-4-8)7-3-5-9-6/h7-8H,2-5H2,1H3. The Kier molecular flexibility index (Phi) is 2.05. The predicted molar refractivity (Wildman–Crippen MR) is 34.1 cm³/mol. The molecule has 3 nitrogen and oxygen atoms in total. The van der Waals surface area contributed by atoms with Crippen molar-refractivity contribution < 1.29 is 9.84 Å². The molecule has 0 aromatic rings. The summed E-state index contributed by atoms with van der Waals surface area (Å²) >= 11 is 0. The fraction of sp³-hybridized carbons (Fsp3) is 1.00. The van der Waals surface area contributed by atoms with Gasteiger partial charge in [0, 0.05) is 19.6 Å². The average molecular weight is 131 g/mol. The molecule has 1 unspecified atom stereocenters. The first-order valence-corrected chi connectivity index (χ1v) is 3.27. The Bertz CT molecular complexity index is 89.1. The van der Waals surface area contributed by atoms with Crippen molar-refractivity contribution in [1.82, 2.24) is 5.32 Å². The molecule has 54 valence electrons. The fourth-order valence-electron chi connectivity index (χ4n) is 1.02. The summed E-state index contributed by atoms with van der Waals surface area (Å²) in [5, 5.41) is 11.7. The maximum atomic E-state index is 8.57. The van der Waals surface area contributed by atoms with Crippen molar-refractivity contribution in [3.05, 3.63) is 0 Å². The van der Waals surface area contributed by atoms with Gasteiger partial charge < -0.3 is 9.84 Å². The Morgan fingerprint density at radius 1 is 1.78 bits per heavy atom. The van der Waals surface area contributed by atoms with Gasteiger partial charge in [0.05, 0.1) is 6.61 Å². The van der Waals surface area contributed by atoms with E-state index in [1.165, 1.54) is 0 Å². The van der Waals surface area contributed by atoms with Gasteiger partial charge in [-0.3, -0.25) is 5.32 Å². The molecule has 1 rings (SSSR count). The van der Waals surface area contributed by atoms with E-state index in [0.717, 1.165) is 13.2 Å².